The SMILES string of the molecule is C=CCn1c(Cc2ccccc2)nnc1SCC(=O)N1CCN(c2cccc(Cl)c2)CC1. The predicted octanol–water partition coefficient (Wildman–Crippen LogP) is 4.15. The number of anilines is 1. The number of carbonyl (C=O) groups excluding carboxylic acids is 1. The number of hydrogen-bond acceptors (Lipinski definition) is 5. The smallest absolute Gasteiger partial charge is 0.233 e. The molecule has 0 atom stereocenters. The van der Waals surface area contributed by atoms with Crippen LogP contribution >= 0.6 is 23.4 Å². The van der Waals surface area contributed by atoms with Crippen LogP contribution in [0.2, 0.25) is 5.02 Å². The number of carbonyl (C=O) groups is 1. The molecule has 1 saturated heterocycles. The van der Waals surface area contributed by atoms with E-state index in [0.717, 1.165) is 34.8 Å². The van der Waals surface area contributed by atoms with E-state index in [1.807, 2.05) is 51.9 Å². The highest BCUT2D eigenvalue weighted by Crippen LogP contribution is 2.22. The van der Waals surface area contributed by atoms with Gasteiger partial charge in [-0.3, -0.25) is 4.79 Å². The molecule has 0 spiro atoms. The van der Waals surface area contributed by atoms with Gasteiger partial charge in [0, 0.05) is 49.9 Å². The molecule has 1 aliphatic heterocycles. The number of hydrogen-bond donors (Lipinski definition) is 0. The molecule has 0 radical (unpaired) electrons. The van der Waals surface area contributed by atoms with Crippen LogP contribution in [-0.4, -0.2) is 57.5 Å². The molecule has 1 aliphatic rings. The lowest BCUT2D eigenvalue weighted by Gasteiger charge is -2.36. The van der Waals surface area contributed by atoms with Crippen molar-refractivity contribution in [2.45, 2.75) is 18.1 Å². The van der Waals surface area contributed by atoms with Crippen molar-refractivity contribution in [1.82, 2.24) is 19.7 Å². The van der Waals surface area contributed by atoms with Crippen LogP contribution in [0.3, 0.4) is 0 Å². The normalized spacial score (nSPS) is 13.9. The number of rotatable bonds is 8. The van der Waals surface area contributed by atoms with Gasteiger partial charge in [-0.2, -0.15) is 0 Å². The van der Waals surface area contributed by atoms with Crippen molar-refractivity contribution in [2.75, 3.05) is 36.8 Å². The van der Waals surface area contributed by atoms with Crippen molar-refractivity contribution in [2.24, 2.45) is 0 Å². The van der Waals surface area contributed by atoms with Gasteiger partial charge in [0.25, 0.3) is 0 Å². The minimum atomic E-state index is 0.124. The molecule has 8 heteroatoms. The summed E-state index contributed by atoms with van der Waals surface area (Å²) in [7, 11) is 0. The molecule has 0 saturated carbocycles. The maximum absolute atomic E-state index is 12.8. The third kappa shape index (κ3) is 5.53. The third-order valence-electron chi connectivity index (χ3n) is 5.44. The molecule has 32 heavy (non-hydrogen) atoms. The lowest BCUT2D eigenvalue weighted by atomic mass is 10.1. The first-order chi connectivity index (χ1) is 15.6. The lowest BCUT2D eigenvalue weighted by molar-refractivity contribution is -0.128. The Labute approximate surface area is 197 Å². The van der Waals surface area contributed by atoms with Gasteiger partial charge in [-0.05, 0) is 23.8 Å². The van der Waals surface area contributed by atoms with Gasteiger partial charge in [-0.1, -0.05) is 65.8 Å². The summed E-state index contributed by atoms with van der Waals surface area (Å²) in [5.41, 5.74) is 2.28. The Morgan fingerprint density at radius 3 is 2.56 bits per heavy atom. The summed E-state index contributed by atoms with van der Waals surface area (Å²) in [5.74, 6) is 1.34. The van der Waals surface area contributed by atoms with Crippen LogP contribution in [0.15, 0.2) is 72.4 Å². The minimum absolute atomic E-state index is 0.124. The lowest BCUT2D eigenvalue weighted by Crippen LogP contribution is -2.49. The summed E-state index contributed by atoms with van der Waals surface area (Å²) >= 11 is 7.55. The Morgan fingerprint density at radius 1 is 1.06 bits per heavy atom. The fourth-order valence-corrected chi connectivity index (χ4v) is 4.81. The van der Waals surface area contributed by atoms with Gasteiger partial charge in [0.15, 0.2) is 5.16 Å². The zero-order valence-corrected chi connectivity index (χ0v) is 19.4. The van der Waals surface area contributed by atoms with Crippen molar-refractivity contribution in [1.29, 1.82) is 0 Å². The number of nitrogens with zero attached hydrogens (tertiary/aromatic N) is 5. The van der Waals surface area contributed by atoms with E-state index in [0.29, 0.717) is 31.8 Å². The van der Waals surface area contributed by atoms with Crippen molar-refractivity contribution in [3.63, 3.8) is 0 Å². The van der Waals surface area contributed by atoms with Crippen LogP contribution in [0.4, 0.5) is 5.69 Å². The van der Waals surface area contributed by atoms with Gasteiger partial charge in [0.1, 0.15) is 5.82 Å². The molecule has 0 N–H and O–H groups in total. The number of halogens is 1. The van der Waals surface area contributed by atoms with E-state index in [1.165, 1.54) is 17.3 Å². The molecule has 2 aromatic carbocycles. The van der Waals surface area contributed by atoms with E-state index in [1.54, 1.807) is 0 Å². The molecule has 1 fully saturated rings. The number of piperazine rings is 1. The average Bonchev–Trinajstić information content (AvgIpc) is 3.19. The Hall–Kier alpha value is -2.77. The number of thioether (sulfide) groups is 1. The minimum Gasteiger partial charge on any atom is -0.368 e. The highest BCUT2D eigenvalue weighted by molar-refractivity contribution is 7.99. The molecule has 3 aromatic rings. The first-order valence-corrected chi connectivity index (χ1v) is 12.0. The van der Waals surface area contributed by atoms with Crippen molar-refractivity contribution in [3.05, 3.63) is 83.7 Å². The molecule has 1 aromatic heterocycles. The maximum atomic E-state index is 12.8. The first-order valence-electron chi connectivity index (χ1n) is 10.6. The van der Waals surface area contributed by atoms with Crippen molar-refractivity contribution < 1.29 is 4.79 Å². The molecule has 166 valence electrons. The molecule has 0 bridgehead atoms. The van der Waals surface area contributed by atoms with E-state index < -0.39 is 0 Å². The zero-order chi connectivity index (χ0) is 22.3. The number of aromatic nitrogens is 3. The molecule has 1 amide bonds. The van der Waals surface area contributed by atoms with Gasteiger partial charge < -0.3 is 14.4 Å². The molecule has 6 nitrogen and oxygen atoms in total. The van der Waals surface area contributed by atoms with Gasteiger partial charge in [-0.25, -0.2) is 0 Å². The van der Waals surface area contributed by atoms with E-state index in [9.17, 15) is 4.79 Å². The van der Waals surface area contributed by atoms with Crippen LogP contribution in [0, 0.1) is 0 Å². The fourth-order valence-electron chi connectivity index (χ4n) is 3.75. The predicted molar refractivity (Wildman–Crippen MR) is 130 cm³/mol. The second kappa shape index (κ2) is 10.7. The van der Waals surface area contributed by atoms with Gasteiger partial charge in [-0.15, -0.1) is 16.8 Å². The molecule has 0 unspecified atom stereocenters. The molecular weight excluding hydrogens is 442 g/mol. The van der Waals surface area contributed by atoms with Crippen LogP contribution < -0.4 is 4.90 Å². The standard InChI is InChI=1S/C24H26ClN5OS/c1-2-11-30-22(16-19-7-4-3-5-8-19)26-27-24(30)32-18-23(31)29-14-12-28(13-15-29)21-10-6-9-20(25)17-21/h2-10,17H,1,11-16,18H2. The highest BCUT2D eigenvalue weighted by Gasteiger charge is 2.22. The zero-order valence-electron chi connectivity index (χ0n) is 17.9. The summed E-state index contributed by atoms with van der Waals surface area (Å²) in [5, 5.41) is 10.2. The maximum Gasteiger partial charge on any atom is 0.233 e. The fraction of sp³-hybridized carbons (Fsp3) is 0.292. The average molecular weight is 468 g/mol. The quantitative estimate of drug-likeness (QED) is 0.368. The van der Waals surface area contributed by atoms with Crippen LogP contribution in [0.1, 0.15) is 11.4 Å². The Morgan fingerprint density at radius 2 is 1.84 bits per heavy atom. The Kier molecular flexibility index (Phi) is 7.50. The van der Waals surface area contributed by atoms with Gasteiger partial charge in [0.05, 0.1) is 5.75 Å². The summed E-state index contributed by atoms with van der Waals surface area (Å²) in [4.78, 5) is 17.0. The molecular formula is C24H26ClN5OS. The molecule has 2 heterocycles. The summed E-state index contributed by atoms with van der Waals surface area (Å²) < 4.78 is 2.04. The van der Waals surface area contributed by atoms with E-state index in [2.05, 4.69) is 39.9 Å². The monoisotopic (exact) mass is 467 g/mol. The summed E-state index contributed by atoms with van der Waals surface area (Å²) in [6, 6.07) is 18.0. The van der Waals surface area contributed by atoms with E-state index in [-0.39, 0.29) is 5.91 Å². The number of benzene rings is 2. The van der Waals surface area contributed by atoms with Crippen molar-refractivity contribution >= 4 is 35.0 Å². The molecule has 4 rings (SSSR count). The van der Waals surface area contributed by atoms with Crippen LogP contribution in [0.5, 0.6) is 0 Å². The molecule has 0 aliphatic carbocycles. The van der Waals surface area contributed by atoms with Gasteiger partial charge >= 0.3 is 0 Å². The number of allylic oxidation sites excluding steroid dienone is 1. The Bertz CT molecular complexity index is 1060. The first kappa shape index (κ1) is 22.4. The Balaban J connectivity index is 1.33. The second-order valence-electron chi connectivity index (χ2n) is 7.60. The van der Waals surface area contributed by atoms with Gasteiger partial charge in [0.2, 0.25) is 5.91 Å². The third-order valence-corrected chi connectivity index (χ3v) is 6.63. The van der Waals surface area contributed by atoms with Crippen molar-refractivity contribution in [3.8, 4) is 0 Å². The van der Waals surface area contributed by atoms with E-state index >= 15 is 0 Å². The topological polar surface area (TPSA) is 54.3 Å². The summed E-state index contributed by atoms with van der Waals surface area (Å²) in [6.45, 7) is 7.46. The van der Waals surface area contributed by atoms with E-state index in [4.69, 9.17) is 11.6 Å². The second-order valence-corrected chi connectivity index (χ2v) is 8.98. The summed E-state index contributed by atoms with van der Waals surface area (Å²) in [6.07, 6.45) is 2.53. The van der Waals surface area contributed by atoms with Crippen LogP contribution in [-0.2, 0) is 17.8 Å². The largest absolute Gasteiger partial charge is 0.368 e. The number of amides is 1. The highest BCUT2D eigenvalue weighted by atomic mass is 35.5. The van der Waals surface area contributed by atoms with Crippen LogP contribution in [0.25, 0.3) is 0 Å².